The molecular weight excluding hydrogens is 270 g/mol. The number of amides is 3. The van der Waals surface area contributed by atoms with Crippen LogP contribution in [0.15, 0.2) is 35.5 Å². The van der Waals surface area contributed by atoms with E-state index in [9.17, 15) is 14.7 Å². The van der Waals surface area contributed by atoms with Gasteiger partial charge in [0, 0.05) is 6.54 Å². The van der Waals surface area contributed by atoms with E-state index < -0.39 is 6.04 Å². The maximum Gasteiger partial charge on any atom is 0.319 e. The van der Waals surface area contributed by atoms with Crippen molar-refractivity contribution in [2.24, 2.45) is 0 Å². The topological polar surface area (TPSA) is 81.7 Å². The number of carbonyl (C=O) groups excluding carboxylic acids is 2. The first-order valence-corrected chi connectivity index (χ1v) is 6.99. The fraction of sp³-hybridized carbons (Fsp3) is 0.333. The zero-order valence-corrected chi connectivity index (χ0v) is 11.7. The van der Waals surface area contributed by atoms with Gasteiger partial charge in [0.2, 0.25) is 0 Å². The number of hydrogen-bond donors (Lipinski definition) is 3. The van der Waals surface area contributed by atoms with Crippen molar-refractivity contribution < 1.29 is 14.7 Å². The van der Waals surface area contributed by atoms with Crippen LogP contribution in [0.25, 0.3) is 0 Å². The van der Waals surface area contributed by atoms with Crippen molar-refractivity contribution in [1.82, 2.24) is 15.5 Å². The van der Waals surface area contributed by atoms with Crippen LogP contribution in [-0.2, 0) is 4.79 Å². The highest BCUT2D eigenvalue weighted by molar-refractivity contribution is 6.01. The maximum atomic E-state index is 12.5. The van der Waals surface area contributed by atoms with Crippen LogP contribution in [0.3, 0.4) is 0 Å². The molecule has 0 radical (unpaired) electrons. The number of urea groups is 1. The number of rotatable bonds is 3. The number of aromatic hydroxyl groups is 1. The maximum absolute atomic E-state index is 12.5. The molecule has 0 saturated carbocycles. The first-order valence-electron chi connectivity index (χ1n) is 6.99. The van der Waals surface area contributed by atoms with E-state index in [2.05, 4.69) is 10.6 Å². The molecule has 0 spiro atoms. The number of phenolic OH excluding ortho intramolecular Hbond substituents is 1. The Bertz CT molecular complexity index is 622. The molecule has 110 valence electrons. The zero-order chi connectivity index (χ0) is 15.0. The first kappa shape index (κ1) is 13.5. The molecular formula is C15H17N3O3. The average Bonchev–Trinajstić information content (AvgIpc) is 2.76. The summed E-state index contributed by atoms with van der Waals surface area (Å²) < 4.78 is 0. The van der Waals surface area contributed by atoms with Crippen LogP contribution in [-0.4, -0.2) is 35.0 Å². The van der Waals surface area contributed by atoms with E-state index in [0.717, 1.165) is 12.0 Å². The molecule has 21 heavy (non-hydrogen) atoms. The predicted molar refractivity (Wildman–Crippen MR) is 76.4 cm³/mol. The minimum atomic E-state index is -0.469. The van der Waals surface area contributed by atoms with Crippen LogP contribution in [0.5, 0.6) is 5.75 Å². The molecule has 2 aliphatic heterocycles. The lowest BCUT2D eigenvalue weighted by Gasteiger charge is -2.25. The Morgan fingerprint density at radius 2 is 2.00 bits per heavy atom. The molecule has 1 aromatic carbocycles. The second-order valence-electron chi connectivity index (χ2n) is 5.24. The molecule has 6 heteroatoms. The van der Waals surface area contributed by atoms with Crippen LogP contribution in [0.1, 0.15) is 24.9 Å². The van der Waals surface area contributed by atoms with Gasteiger partial charge in [-0.15, -0.1) is 0 Å². The quantitative estimate of drug-likeness (QED) is 0.782. The largest absolute Gasteiger partial charge is 0.508 e. The predicted octanol–water partition coefficient (Wildman–Crippen LogP) is 1.25. The highest BCUT2D eigenvalue weighted by Gasteiger charge is 2.39. The lowest BCUT2D eigenvalue weighted by atomic mass is 9.96. The summed E-state index contributed by atoms with van der Waals surface area (Å²) in [5, 5.41) is 14.9. The zero-order valence-electron chi connectivity index (χ0n) is 11.7. The van der Waals surface area contributed by atoms with E-state index in [1.165, 1.54) is 0 Å². The fourth-order valence-electron chi connectivity index (χ4n) is 2.80. The van der Waals surface area contributed by atoms with E-state index in [4.69, 9.17) is 0 Å². The van der Waals surface area contributed by atoms with Gasteiger partial charge in [0.1, 0.15) is 5.75 Å². The fourth-order valence-corrected chi connectivity index (χ4v) is 2.80. The lowest BCUT2D eigenvalue weighted by molar-refractivity contribution is -0.125. The van der Waals surface area contributed by atoms with Crippen LogP contribution in [0, 0.1) is 0 Å². The second kappa shape index (κ2) is 5.12. The van der Waals surface area contributed by atoms with Gasteiger partial charge >= 0.3 is 6.03 Å². The third-order valence-corrected chi connectivity index (χ3v) is 3.74. The summed E-state index contributed by atoms with van der Waals surface area (Å²) in [7, 11) is 0. The summed E-state index contributed by atoms with van der Waals surface area (Å²) in [6.45, 7) is 3.13. The molecule has 3 amide bonds. The van der Waals surface area contributed by atoms with E-state index in [-0.39, 0.29) is 17.7 Å². The number of benzene rings is 1. The van der Waals surface area contributed by atoms with Gasteiger partial charge in [-0.3, -0.25) is 4.79 Å². The smallest absolute Gasteiger partial charge is 0.319 e. The summed E-state index contributed by atoms with van der Waals surface area (Å²) in [5.41, 5.74) is 2.05. The van der Waals surface area contributed by atoms with Gasteiger partial charge in [0.05, 0.1) is 23.9 Å². The van der Waals surface area contributed by atoms with Gasteiger partial charge in [-0.25, -0.2) is 4.79 Å². The Morgan fingerprint density at radius 1 is 1.29 bits per heavy atom. The summed E-state index contributed by atoms with van der Waals surface area (Å²) in [5.74, 6) is 0.107. The van der Waals surface area contributed by atoms with Crippen molar-refractivity contribution in [2.45, 2.75) is 19.4 Å². The second-order valence-corrected chi connectivity index (χ2v) is 5.24. The van der Waals surface area contributed by atoms with Gasteiger partial charge < -0.3 is 20.6 Å². The summed E-state index contributed by atoms with van der Waals surface area (Å²) in [4.78, 5) is 26.0. The summed E-state index contributed by atoms with van der Waals surface area (Å²) in [6.07, 6.45) is 0.873. The van der Waals surface area contributed by atoms with Crippen molar-refractivity contribution in [3.63, 3.8) is 0 Å². The highest BCUT2D eigenvalue weighted by Crippen LogP contribution is 2.32. The van der Waals surface area contributed by atoms with Gasteiger partial charge in [0.15, 0.2) is 0 Å². The minimum Gasteiger partial charge on any atom is -0.508 e. The molecule has 1 atom stereocenters. The number of phenols is 1. The number of nitrogens with zero attached hydrogens (tertiary/aromatic N) is 1. The molecule has 0 aliphatic carbocycles. The number of nitrogens with one attached hydrogen (secondary N) is 2. The van der Waals surface area contributed by atoms with Crippen molar-refractivity contribution in [3.8, 4) is 5.75 Å². The third-order valence-electron chi connectivity index (χ3n) is 3.74. The first-order chi connectivity index (χ1) is 10.1. The Labute approximate surface area is 122 Å². The van der Waals surface area contributed by atoms with E-state index in [0.29, 0.717) is 24.4 Å². The molecule has 0 aromatic heterocycles. The molecule has 6 nitrogen and oxygen atoms in total. The van der Waals surface area contributed by atoms with Crippen LogP contribution < -0.4 is 10.6 Å². The number of carbonyl (C=O) groups is 2. The minimum absolute atomic E-state index is 0.0441. The monoisotopic (exact) mass is 287 g/mol. The van der Waals surface area contributed by atoms with Crippen molar-refractivity contribution >= 4 is 11.9 Å². The van der Waals surface area contributed by atoms with Crippen LogP contribution in [0.4, 0.5) is 4.79 Å². The molecule has 0 fully saturated rings. The van der Waals surface area contributed by atoms with E-state index in [1.807, 2.05) is 6.92 Å². The Balaban J connectivity index is 1.96. The normalized spacial score (nSPS) is 21.2. The van der Waals surface area contributed by atoms with Crippen molar-refractivity contribution in [2.75, 3.05) is 13.1 Å². The SMILES string of the molecule is CCCN1CC2=C(C1=O)C(c1ccc(O)cc1)NC(=O)N2. The Kier molecular flexibility index (Phi) is 3.29. The van der Waals surface area contributed by atoms with Crippen molar-refractivity contribution in [3.05, 3.63) is 41.1 Å². The average molecular weight is 287 g/mol. The van der Waals surface area contributed by atoms with Crippen molar-refractivity contribution in [1.29, 1.82) is 0 Å². The van der Waals surface area contributed by atoms with Gasteiger partial charge in [-0.1, -0.05) is 19.1 Å². The van der Waals surface area contributed by atoms with E-state index >= 15 is 0 Å². The van der Waals surface area contributed by atoms with Gasteiger partial charge in [-0.2, -0.15) is 0 Å². The molecule has 3 N–H and O–H groups in total. The molecule has 3 rings (SSSR count). The molecule has 1 unspecified atom stereocenters. The van der Waals surface area contributed by atoms with Crippen LogP contribution in [0.2, 0.25) is 0 Å². The number of hydrogen-bond acceptors (Lipinski definition) is 3. The molecule has 1 aromatic rings. The van der Waals surface area contributed by atoms with E-state index in [1.54, 1.807) is 29.2 Å². The summed E-state index contributed by atoms with van der Waals surface area (Å²) in [6, 6.07) is 5.75. The Morgan fingerprint density at radius 3 is 2.67 bits per heavy atom. The molecule has 2 aliphatic rings. The summed E-state index contributed by atoms with van der Waals surface area (Å²) >= 11 is 0. The lowest BCUT2D eigenvalue weighted by Crippen LogP contribution is -2.44. The molecule has 2 heterocycles. The van der Waals surface area contributed by atoms with Gasteiger partial charge in [0.25, 0.3) is 5.91 Å². The standard InChI is InChI=1S/C15H17N3O3/c1-2-7-18-8-11-12(14(18)20)13(17-15(21)16-11)9-3-5-10(19)6-4-9/h3-6,13,19H,2,7-8H2,1H3,(H2,16,17,21). The van der Waals surface area contributed by atoms with Gasteiger partial charge in [-0.05, 0) is 24.1 Å². The Hall–Kier alpha value is -2.50. The third kappa shape index (κ3) is 2.33. The van der Waals surface area contributed by atoms with Crippen LogP contribution >= 0.6 is 0 Å². The highest BCUT2D eigenvalue weighted by atomic mass is 16.3. The molecule has 0 saturated heterocycles. The molecule has 0 bridgehead atoms.